The lowest BCUT2D eigenvalue weighted by atomic mass is 9.94. The molecule has 1 fully saturated rings. The molecule has 1 aliphatic carbocycles. The lowest BCUT2D eigenvalue weighted by Crippen LogP contribution is -2.19. The minimum Gasteiger partial charge on any atom is -0.481 e. The Morgan fingerprint density at radius 3 is 2.50 bits per heavy atom. The van der Waals surface area contributed by atoms with Gasteiger partial charge in [-0.2, -0.15) is 0 Å². The SMILES string of the molecule is Cc1cc(C2(C(=O)O)CC2)ccc1[N+](=O)[O-]. The van der Waals surface area contributed by atoms with E-state index in [4.69, 9.17) is 5.11 Å². The van der Waals surface area contributed by atoms with E-state index in [0.29, 0.717) is 24.0 Å². The Bertz CT molecular complexity index is 477. The second-order valence-corrected chi connectivity index (χ2v) is 4.15. The zero-order valence-corrected chi connectivity index (χ0v) is 8.77. The summed E-state index contributed by atoms with van der Waals surface area (Å²) >= 11 is 0. The third-order valence-corrected chi connectivity index (χ3v) is 3.11. The number of carboxylic acids is 1. The molecule has 1 aromatic carbocycles. The molecule has 1 N–H and O–H groups in total. The maximum Gasteiger partial charge on any atom is 0.314 e. The van der Waals surface area contributed by atoms with E-state index in [1.54, 1.807) is 19.1 Å². The van der Waals surface area contributed by atoms with Gasteiger partial charge in [0.25, 0.3) is 5.69 Å². The number of carboxylic acid groups (broad SMARTS) is 1. The molecule has 0 aromatic heterocycles. The van der Waals surface area contributed by atoms with Crippen molar-refractivity contribution in [3.63, 3.8) is 0 Å². The maximum absolute atomic E-state index is 11.1. The van der Waals surface area contributed by atoms with Crippen LogP contribution in [0.25, 0.3) is 0 Å². The number of carbonyl (C=O) groups is 1. The highest BCUT2D eigenvalue weighted by molar-refractivity contribution is 5.85. The number of hydrogen-bond donors (Lipinski definition) is 1. The van der Waals surface area contributed by atoms with E-state index < -0.39 is 16.3 Å². The fraction of sp³-hybridized carbons (Fsp3) is 0.364. The number of nitro benzene ring substituents is 1. The van der Waals surface area contributed by atoms with Crippen LogP contribution in [0.4, 0.5) is 5.69 Å². The van der Waals surface area contributed by atoms with Gasteiger partial charge in [-0.1, -0.05) is 6.07 Å². The average Bonchev–Trinajstić information content (AvgIpc) is 2.97. The molecule has 0 radical (unpaired) electrons. The maximum atomic E-state index is 11.1. The first kappa shape index (κ1) is 10.6. The normalized spacial score (nSPS) is 16.8. The van der Waals surface area contributed by atoms with Crippen LogP contribution >= 0.6 is 0 Å². The van der Waals surface area contributed by atoms with Gasteiger partial charge in [0, 0.05) is 11.6 Å². The van der Waals surface area contributed by atoms with Gasteiger partial charge < -0.3 is 5.11 Å². The Hall–Kier alpha value is -1.91. The van der Waals surface area contributed by atoms with Crippen LogP contribution in [0.2, 0.25) is 0 Å². The van der Waals surface area contributed by atoms with Crippen LogP contribution < -0.4 is 0 Å². The summed E-state index contributed by atoms with van der Waals surface area (Å²) in [6, 6.07) is 4.54. The highest BCUT2D eigenvalue weighted by Crippen LogP contribution is 2.49. The van der Waals surface area contributed by atoms with E-state index in [2.05, 4.69) is 0 Å². The number of aliphatic carboxylic acids is 1. The molecule has 1 saturated carbocycles. The van der Waals surface area contributed by atoms with Crippen LogP contribution in [0.15, 0.2) is 18.2 Å². The molecule has 0 bridgehead atoms. The monoisotopic (exact) mass is 221 g/mol. The Morgan fingerprint density at radius 2 is 2.12 bits per heavy atom. The second kappa shape index (κ2) is 3.30. The third-order valence-electron chi connectivity index (χ3n) is 3.11. The van der Waals surface area contributed by atoms with Crippen LogP contribution in [0.1, 0.15) is 24.0 Å². The van der Waals surface area contributed by atoms with E-state index in [1.807, 2.05) is 0 Å². The third kappa shape index (κ3) is 1.44. The van der Waals surface area contributed by atoms with Crippen LogP contribution in [-0.4, -0.2) is 16.0 Å². The van der Waals surface area contributed by atoms with Gasteiger partial charge in [0.15, 0.2) is 0 Å². The highest BCUT2D eigenvalue weighted by Gasteiger charge is 2.51. The lowest BCUT2D eigenvalue weighted by Gasteiger charge is -2.10. The molecule has 0 amide bonds. The minimum absolute atomic E-state index is 0.0324. The molecule has 0 unspecified atom stereocenters. The molecular weight excluding hydrogens is 210 g/mol. The molecule has 1 aromatic rings. The Kier molecular flexibility index (Phi) is 2.18. The van der Waals surface area contributed by atoms with Gasteiger partial charge in [0.05, 0.1) is 10.3 Å². The van der Waals surface area contributed by atoms with Gasteiger partial charge in [-0.25, -0.2) is 0 Å². The predicted octanol–water partition coefficient (Wildman–Crippen LogP) is 2.02. The number of aryl methyl sites for hydroxylation is 1. The number of rotatable bonds is 3. The van der Waals surface area contributed by atoms with Crippen molar-refractivity contribution in [3.05, 3.63) is 39.4 Å². The highest BCUT2D eigenvalue weighted by atomic mass is 16.6. The summed E-state index contributed by atoms with van der Waals surface area (Å²) in [6.07, 6.45) is 1.22. The molecule has 0 aliphatic heterocycles. The first-order valence-electron chi connectivity index (χ1n) is 4.96. The molecule has 0 spiro atoms. The number of nitro groups is 1. The summed E-state index contributed by atoms with van der Waals surface area (Å²) < 4.78 is 0. The topological polar surface area (TPSA) is 80.4 Å². The van der Waals surface area contributed by atoms with Crippen molar-refractivity contribution in [1.29, 1.82) is 0 Å². The molecule has 0 atom stereocenters. The van der Waals surface area contributed by atoms with Crippen molar-refractivity contribution in [2.75, 3.05) is 0 Å². The van der Waals surface area contributed by atoms with Crippen molar-refractivity contribution in [2.24, 2.45) is 0 Å². The first-order valence-corrected chi connectivity index (χ1v) is 4.96. The summed E-state index contributed by atoms with van der Waals surface area (Å²) in [4.78, 5) is 21.2. The Morgan fingerprint density at radius 1 is 1.50 bits per heavy atom. The fourth-order valence-electron chi connectivity index (χ4n) is 1.91. The molecule has 0 heterocycles. The summed E-state index contributed by atoms with van der Waals surface area (Å²) in [5.74, 6) is -0.847. The van der Waals surface area contributed by atoms with Crippen LogP contribution in [-0.2, 0) is 10.2 Å². The van der Waals surface area contributed by atoms with Gasteiger partial charge in [0.2, 0.25) is 0 Å². The molecular formula is C11H11NO4. The van der Waals surface area contributed by atoms with E-state index in [1.165, 1.54) is 6.07 Å². The van der Waals surface area contributed by atoms with E-state index in [-0.39, 0.29) is 5.69 Å². The van der Waals surface area contributed by atoms with Gasteiger partial charge in [-0.15, -0.1) is 0 Å². The van der Waals surface area contributed by atoms with Crippen molar-refractivity contribution in [3.8, 4) is 0 Å². The van der Waals surface area contributed by atoms with Gasteiger partial charge >= 0.3 is 5.97 Å². The standard InChI is InChI=1S/C11H11NO4/c1-7-6-8(2-3-9(7)12(15)16)11(4-5-11)10(13)14/h2-3,6H,4-5H2,1H3,(H,13,14). The smallest absolute Gasteiger partial charge is 0.314 e. The lowest BCUT2D eigenvalue weighted by molar-refractivity contribution is -0.385. The summed E-state index contributed by atoms with van der Waals surface area (Å²) in [7, 11) is 0. The fourth-order valence-corrected chi connectivity index (χ4v) is 1.91. The molecule has 1 aliphatic rings. The van der Waals surface area contributed by atoms with Gasteiger partial charge in [-0.05, 0) is 31.4 Å². The Labute approximate surface area is 91.9 Å². The molecule has 2 rings (SSSR count). The molecule has 5 heteroatoms. The number of benzene rings is 1. The predicted molar refractivity (Wildman–Crippen MR) is 56.4 cm³/mol. The summed E-state index contributed by atoms with van der Waals surface area (Å²) in [5.41, 5.74) is 0.419. The molecule has 5 nitrogen and oxygen atoms in total. The van der Waals surface area contributed by atoms with Crippen molar-refractivity contribution in [1.82, 2.24) is 0 Å². The van der Waals surface area contributed by atoms with Crippen molar-refractivity contribution >= 4 is 11.7 Å². The quantitative estimate of drug-likeness (QED) is 0.625. The Balaban J connectivity index is 2.43. The zero-order valence-electron chi connectivity index (χ0n) is 8.77. The molecule has 84 valence electrons. The van der Waals surface area contributed by atoms with Crippen LogP contribution in [0, 0.1) is 17.0 Å². The van der Waals surface area contributed by atoms with Gasteiger partial charge in [-0.3, -0.25) is 14.9 Å². The first-order chi connectivity index (χ1) is 7.47. The van der Waals surface area contributed by atoms with E-state index in [0.717, 1.165) is 0 Å². The summed E-state index contributed by atoms with van der Waals surface area (Å²) in [5, 5.41) is 19.7. The van der Waals surface area contributed by atoms with Crippen LogP contribution in [0.5, 0.6) is 0 Å². The minimum atomic E-state index is -0.847. The molecule has 16 heavy (non-hydrogen) atoms. The molecule has 0 saturated heterocycles. The van der Waals surface area contributed by atoms with E-state index in [9.17, 15) is 14.9 Å². The van der Waals surface area contributed by atoms with Crippen molar-refractivity contribution in [2.45, 2.75) is 25.2 Å². The largest absolute Gasteiger partial charge is 0.481 e. The number of nitrogens with zero attached hydrogens (tertiary/aromatic N) is 1. The summed E-state index contributed by atoms with van der Waals surface area (Å²) in [6.45, 7) is 1.62. The van der Waals surface area contributed by atoms with E-state index >= 15 is 0 Å². The van der Waals surface area contributed by atoms with Crippen molar-refractivity contribution < 1.29 is 14.8 Å². The second-order valence-electron chi connectivity index (χ2n) is 4.15. The zero-order chi connectivity index (χ0) is 11.9. The average molecular weight is 221 g/mol. The number of hydrogen-bond acceptors (Lipinski definition) is 3. The van der Waals surface area contributed by atoms with Gasteiger partial charge in [0.1, 0.15) is 0 Å². The van der Waals surface area contributed by atoms with Crippen LogP contribution in [0.3, 0.4) is 0 Å².